The van der Waals surface area contributed by atoms with E-state index in [2.05, 4.69) is 26.1 Å². The Bertz CT molecular complexity index is 405. The zero-order valence-corrected chi connectivity index (χ0v) is 13.6. The summed E-state index contributed by atoms with van der Waals surface area (Å²) in [6, 6.07) is 10.1. The highest BCUT2D eigenvalue weighted by Gasteiger charge is 2.25. The van der Waals surface area contributed by atoms with Crippen molar-refractivity contribution in [2.75, 3.05) is 13.1 Å². The lowest BCUT2D eigenvalue weighted by atomic mass is 9.84. The monoisotopic (exact) mass is 290 g/mol. The van der Waals surface area contributed by atoms with Crippen molar-refractivity contribution in [2.45, 2.75) is 46.0 Å². The summed E-state index contributed by atoms with van der Waals surface area (Å²) < 4.78 is 0. The molecule has 0 aliphatic heterocycles. The van der Waals surface area contributed by atoms with E-state index < -0.39 is 0 Å². The number of nitrogens with one attached hydrogen (secondary N) is 1. The highest BCUT2D eigenvalue weighted by atomic mass is 16.1. The molecule has 118 valence electrons. The second kappa shape index (κ2) is 9.56. The third-order valence-corrected chi connectivity index (χ3v) is 4.37. The standard InChI is InChI=1S/C18H30N2O/c1-4-14(3)17(16-9-7-6-8-10-16)18(21)20-13-15(5-2)11-12-19/h6-10,14-15,17H,4-5,11-13,19H2,1-3H3,(H,20,21). The topological polar surface area (TPSA) is 55.1 Å². The second-order valence-electron chi connectivity index (χ2n) is 5.87. The van der Waals surface area contributed by atoms with Gasteiger partial charge in [0, 0.05) is 6.54 Å². The largest absolute Gasteiger partial charge is 0.355 e. The number of carbonyl (C=O) groups excluding carboxylic acids is 1. The molecule has 1 aromatic carbocycles. The van der Waals surface area contributed by atoms with E-state index in [-0.39, 0.29) is 11.8 Å². The molecule has 0 aromatic heterocycles. The van der Waals surface area contributed by atoms with Crippen LogP contribution in [0.1, 0.15) is 51.5 Å². The van der Waals surface area contributed by atoms with E-state index in [9.17, 15) is 4.79 Å². The van der Waals surface area contributed by atoms with Gasteiger partial charge in [0.1, 0.15) is 0 Å². The van der Waals surface area contributed by atoms with Gasteiger partial charge in [0.25, 0.3) is 0 Å². The van der Waals surface area contributed by atoms with Crippen molar-refractivity contribution in [2.24, 2.45) is 17.6 Å². The van der Waals surface area contributed by atoms with Gasteiger partial charge in [-0.3, -0.25) is 4.79 Å². The van der Waals surface area contributed by atoms with E-state index in [0.717, 1.165) is 31.4 Å². The molecule has 0 spiro atoms. The fraction of sp³-hybridized carbons (Fsp3) is 0.611. The molecule has 0 radical (unpaired) electrons. The molecule has 0 saturated heterocycles. The summed E-state index contributed by atoms with van der Waals surface area (Å²) >= 11 is 0. The van der Waals surface area contributed by atoms with Crippen LogP contribution in [0.5, 0.6) is 0 Å². The highest BCUT2D eigenvalue weighted by Crippen LogP contribution is 2.27. The van der Waals surface area contributed by atoms with E-state index >= 15 is 0 Å². The fourth-order valence-electron chi connectivity index (χ4n) is 2.68. The molecule has 0 fully saturated rings. The zero-order valence-electron chi connectivity index (χ0n) is 13.6. The van der Waals surface area contributed by atoms with Crippen LogP contribution in [-0.2, 0) is 4.79 Å². The summed E-state index contributed by atoms with van der Waals surface area (Å²) in [4.78, 5) is 12.6. The molecule has 3 N–H and O–H groups in total. The van der Waals surface area contributed by atoms with Crippen LogP contribution in [0, 0.1) is 11.8 Å². The fourth-order valence-corrected chi connectivity index (χ4v) is 2.68. The Labute approximate surface area is 129 Å². The van der Waals surface area contributed by atoms with Crippen molar-refractivity contribution in [1.82, 2.24) is 5.32 Å². The van der Waals surface area contributed by atoms with Crippen molar-refractivity contribution in [3.8, 4) is 0 Å². The van der Waals surface area contributed by atoms with Crippen LogP contribution in [-0.4, -0.2) is 19.0 Å². The molecule has 3 atom stereocenters. The molecule has 0 aliphatic rings. The number of hydrogen-bond donors (Lipinski definition) is 2. The quantitative estimate of drug-likeness (QED) is 0.733. The van der Waals surface area contributed by atoms with Crippen molar-refractivity contribution in [1.29, 1.82) is 0 Å². The van der Waals surface area contributed by atoms with Gasteiger partial charge >= 0.3 is 0 Å². The predicted molar refractivity (Wildman–Crippen MR) is 89.1 cm³/mol. The molecule has 0 saturated carbocycles. The van der Waals surface area contributed by atoms with Gasteiger partial charge in [-0.2, -0.15) is 0 Å². The second-order valence-corrected chi connectivity index (χ2v) is 5.87. The SMILES string of the molecule is CCC(CCN)CNC(=O)C(c1ccccc1)C(C)CC. The first-order valence-corrected chi connectivity index (χ1v) is 8.16. The Balaban J connectivity index is 2.73. The number of hydrogen-bond acceptors (Lipinski definition) is 2. The Morgan fingerprint density at radius 1 is 1.19 bits per heavy atom. The summed E-state index contributed by atoms with van der Waals surface area (Å²) in [6.45, 7) is 7.84. The molecule has 1 rings (SSSR count). The molecule has 0 bridgehead atoms. The minimum Gasteiger partial charge on any atom is -0.355 e. The smallest absolute Gasteiger partial charge is 0.227 e. The predicted octanol–water partition coefficient (Wildman–Crippen LogP) is 3.31. The zero-order chi connectivity index (χ0) is 15.7. The van der Waals surface area contributed by atoms with Crippen LogP contribution in [0.2, 0.25) is 0 Å². The van der Waals surface area contributed by atoms with E-state index in [1.165, 1.54) is 0 Å². The maximum absolute atomic E-state index is 12.6. The third kappa shape index (κ3) is 5.50. The molecular weight excluding hydrogens is 260 g/mol. The van der Waals surface area contributed by atoms with Crippen LogP contribution >= 0.6 is 0 Å². The molecule has 3 unspecified atom stereocenters. The molecule has 3 nitrogen and oxygen atoms in total. The molecular formula is C18H30N2O. The van der Waals surface area contributed by atoms with Crippen molar-refractivity contribution in [3.63, 3.8) is 0 Å². The Morgan fingerprint density at radius 2 is 1.86 bits per heavy atom. The summed E-state index contributed by atoms with van der Waals surface area (Å²) in [6.07, 6.45) is 3.01. The average molecular weight is 290 g/mol. The third-order valence-electron chi connectivity index (χ3n) is 4.37. The Morgan fingerprint density at radius 3 is 2.38 bits per heavy atom. The van der Waals surface area contributed by atoms with E-state index in [1.807, 2.05) is 30.3 Å². The molecule has 1 aromatic rings. The van der Waals surface area contributed by atoms with E-state index in [4.69, 9.17) is 5.73 Å². The molecule has 21 heavy (non-hydrogen) atoms. The van der Waals surface area contributed by atoms with Gasteiger partial charge in [-0.05, 0) is 30.4 Å². The van der Waals surface area contributed by atoms with Gasteiger partial charge in [0.15, 0.2) is 0 Å². The van der Waals surface area contributed by atoms with Crippen LogP contribution in [0.15, 0.2) is 30.3 Å². The summed E-state index contributed by atoms with van der Waals surface area (Å²) in [5, 5.41) is 3.14. The van der Waals surface area contributed by atoms with Crippen LogP contribution < -0.4 is 11.1 Å². The molecule has 1 amide bonds. The van der Waals surface area contributed by atoms with Gasteiger partial charge < -0.3 is 11.1 Å². The first kappa shape index (κ1) is 17.7. The number of benzene rings is 1. The van der Waals surface area contributed by atoms with E-state index in [1.54, 1.807) is 0 Å². The molecule has 3 heteroatoms. The van der Waals surface area contributed by atoms with Crippen molar-refractivity contribution < 1.29 is 4.79 Å². The van der Waals surface area contributed by atoms with Crippen molar-refractivity contribution in [3.05, 3.63) is 35.9 Å². The van der Waals surface area contributed by atoms with Gasteiger partial charge in [-0.15, -0.1) is 0 Å². The molecule has 0 aliphatic carbocycles. The first-order valence-electron chi connectivity index (χ1n) is 8.16. The van der Waals surface area contributed by atoms with Gasteiger partial charge in [-0.25, -0.2) is 0 Å². The van der Waals surface area contributed by atoms with Crippen LogP contribution in [0.25, 0.3) is 0 Å². The van der Waals surface area contributed by atoms with Gasteiger partial charge in [-0.1, -0.05) is 63.9 Å². The summed E-state index contributed by atoms with van der Waals surface area (Å²) in [7, 11) is 0. The van der Waals surface area contributed by atoms with Crippen molar-refractivity contribution >= 4 is 5.91 Å². The first-order chi connectivity index (χ1) is 10.1. The van der Waals surface area contributed by atoms with E-state index in [0.29, 0.717) is 18.4 Å². The average Bonchev–Trinajstić information content (AvgIpc) is 2.52. The Kier molecular flexibility index (Phi) is 8.06. The maximum atomic E-state index is 12.6. The number of amides is 1. The molecule has 0 heterocycles. The Hall–Kier alpha value is -1.35. The van der Waals surface area contributed by atoms with Crippen LogP contribution in [0.4, 0.5) is 0 Å². The number of rotatable bonds is 9. The lowest BCUT2D eigenvalue weighted by molar-refractivity contribution is -0.123. The summed E-state index contributed by atoms with van der Waals surface area (Å²) in [5.41, 5.74) is 6.73. The lowest BCUT2D eigenvalue weighted by Gasteiger charge is -2.24. The van der Waals surface area contributed by atoms with Crippen LogP contribution in [0.3, 0.4) is 0 Å². The lowest BCUT2D eigenvalue weighted by Crippen LogP contribution is -2.36. The normalized spacial score (nSPS) is 15.2. The van der Waals surface area contributed by atoms with Gasteiger partial charge in [0.05, 0.1) is 5.92 Å². The highest BCUT2D eigenvalue weighted by molar-refractivity contribution is 5.83. The number of carbonyl (C=O) groups is 1. The maximum Gasteiger partial charge on any atom is 0.227 e. The number of nitrogens with two attached hydrogens (primary N) is 1. The minimum atomic E-state index is -0.0633. The van der Waals surface area contributed by atoms with Gasteiger partial charge in [0.2, 0.25) is 5.91 Å². The summed E-state index contributed by atoms with van der Waals surface area (Å²) in [5.74, 6) is 0.895. The minimum absolute atomic E-state index is 0.0633.